The summed E-state index contributed by atoms with van der Waals surface area (Å²) in [4.78, 5) is 6.60. The summed E-state index contributed by atoms with van der Waals surface area (Å²) in [6.07, 6.45) is 0. The zero-order valence-electron chi connectivity index (χ0n) is 10.9. The molecule has 2 rings (SSSR count). The van der Waals surface area contributed by atoms with Crippen molar-refractivity contribution in [1.82, 2.24) is 4.90 Å². The highest BCUT2D eigenvalue weighted by molar-refractivity contribution is 5.80. The third-order valence-electron chi connectivity index (χ3n) is 3.09. The lowest BCUT2D eigenvalue weighted by atomic mass is 10.0. The first-order valence-corrected chi connectivity index (χ1v) is 6.21. The van der Waals surface area contributed by atoms with Gasteiger partial charge in [-0.25, -0.2) is 0 Å². The van der Waals surface area contributed by atoms with Crippen LogP contribution in [-0.2, 0) is 0 Å². The summed E-state index contributed by atoms with van der Waals surface area (Å²) in [6.45, 7) is 8.28. The minimum Gasteiger partial charge on any atom is -0.370 e. The molecule has 0 amide bonds. The largest absolute Gasteiger partial charge is 0.370 e. The van der Waals surface area contributed by atoms with Crippen LogP contribution in [0.5, 0.6) is 0 Å². The fraction of sp³-hybridized carbons (Fsp3) is 0.500. The monoisotopic (exact) mass is 231 g/mol. The topological polar surface area (TPSA) is 41.6 Å². The quantitative estimate of drug-likeness (QED) is 0.867. The molecule has 1 atom stereocenters. The highest BCUT2D eigenvalue weighted by atomic mass is 15.3. The number of rotatable bonds is 3. The maximum atomic E-state index is 5.97. The van der Waals surface area contributed by atoms with Crippen molar-refractivity contribution < 1.29 is 0 Å². The molecule has 17 heavy (non-hydrogen) atoms. The van der Waals surface area contributed by atoms with Crippen LogP contribution >= 0.6 is 0 Å². The molecule has 0 spiro atoms. The van der Waals surface area contributed by atoms with Crippen LogP contribution in [0.1, 0.15) is 31.0 Å². The molecular formula is C14H21N3. The van der Waals surface area contributed by atoms with Crippen molar-refractivity contribution in [3.63, 3.8) is 0 Å². The zero-order chi connectivity index (χ0) is 12.4. The third-order valence-corrected chi connectivity index (χ3v) is 3.09. The van der Waals surface area contributed by atoms with Crippen molar-refractivity contribution in [3.8, 4) is 0 Å². The fourth-order valence-electron chi connectivity index (χ4n) is 2.31. The van der Waals surface area contributed by atoms with E-state index in [4.69, 9.17) is 5.73 Å². The van der Waals surface area contributed by atoms with Gasteiger partial charge in [0.15, 0.2) is 5.96 Å². The summed E-state index contributed by atoms with van der Waals surface area (Å²) in [6, 6.07) is 8.94. The molecule has 3 nitrogen and oxygen atoms in total. The molecule has 0 fully saturated rings. The summed E-state index contributed by atoms with van der Waals surface area (Å²) in [5, 5.41) is 0. The lowest BCUT2D eigenvalue weighted by molar-refractivity contribution is 0.309. The molecule has 1 aromatic carbocycles. The number of aryl methyl sites for hydroxylation is 1. The standard InChI is InChI=1S/C14H21N3/c1-10(2)9-17-13(8-16-14(17)15)12-6-4-5-11(3)7-12/h4-7,10,13H,8-9H2,1-3H3,(H2,15,16). The fourth-order valence-corrected chi connectivity index (χ4v) is 2.31. The van der Waals surface area contributed by atoms with E-state index in [9.17, 15) is 0 Å². The van der Waals surface area contributed by atoms with Gasteiger partial charge in [0.05, 0.1) is 12.6 Å². The van der Waals surface area contributed by atoms with Gasteiger partial charge in [-0.15, -0.1) is 0 Å². The first-order chi connectivity index (χ1) is 8.08. The summed E-state index contributed by atoms with van der Waals surface area (Å²) in [5.41, 5.74) is 8.57. The van der Waals surface area contributed by atoms with Gasteiger partial charge in [-0.05, 0) is 18.4 Å². The predicted octanol–water partition coefficient (Wildman–Crippen LogP) is 2.32. The smallest absolute Gasteiger partial charge is 0.191 e. The molecule has 1 aromatic rings. The number of nitrogens with two attached hydrogens (primary N) is 1. The van der Waals surface area contributed by atoms with Gasteiger partial charge in [0, 0.05) is 6.54 Å². The molecule has 1 aliphatic rings. The highest BCUT2D eigenvalue weighted by Crippen LogP contribution is 2.26. The van der Waals surface area contributed by atoms with Crippen molar-refractivity contribution in [2.24, 2.45) is 16.6 Å². The van der Waals surface area contributed by atoms with E-state index in [0.717, 1.165) is 13.1 Å². The van der Waals surface area contributed by atoms with Gasteiger partial charge < -0.3 is 10.6 Å². The number of hydrogen-bond donors (Lipinski definition) is 1. The maximum Gasteiger partial charge on any atom is 0.191 e. The minimum absolute atomic E-state index is 0.317. The Labute approximate surface area is 103 Å². The van der Waals surface area contributed by atoms with Gasteiger partial charge in [-0.2, -0.15) is 0 Å². The van der Waals surface area contributed by atoms with E-state index in [1.807, 2.05) is 0 Å². The minimum atomic E-state index is 0.317. The van der Waals surface area contributed by atoms with Crippen molar-refractivity contribution in [1.29, 1.82) is 0 Å². The molecule has 1 aliphatic heterocycles. The van der Waals surface area contributed by atoms with Gasteiger partial charge in [-0.1, -0.05) is 43.7 Å². The Balaban J connectivity index is 2.21. The Morgan fingerprint density at radius 3 is 2.88 bits per heavy atom. The molecule has 3 heteroatoms. The second-order valence-electron chi connectivity index (χ2n) is 5.18. The van der Waals surface area contributed by atoms with Crippen LogP contribution in [-0.4, -0.2) is 23.9 Å². The van der Waals surface area contributed by atoms with Crippen LogP contribution in [0.15, 0.2) is 29.3 Å². The molecule has 0 saturated carbocycles. The van der Waals surface area contributed by atoms with Crippen molar-refractivity contribution >= 4 is 5.96 Å². The van der Waals surface area contributed by atoms with Crippen molar-refractivity contribution in [3.05, 3.63) is 35.4 Å². The van der Waals surface area contributed by atoms with Crippen LogP contribution < -0.4 is 5.73 Å². The number of nitrogens with zero attached hydrogens (tertiary/aromatic N) is 2. The van der Waals surface area contributed by atoms with Gasteiger partial charge in [-0.3, -0.25) is 4.99 Å². The average molecular weight is 231 g/mol. The van der Waals surface area contributed by atoms with E-state index in [1.54, 1.807) is 0 Å². The molecule has 0 aromatic heterocycles. The van der Waals surface area contributed by atoms with E-state index in [2.05, 4.69) is 54.9 Å². The SMILES string of the molecule is Cc1cccc(C2CN=C(N)N2CC(C)C)c1. The van der Waals surface area contributed by atoms with Crippen LogP contribution in [0.4, 0.5) is 0 Å². The Bertz CT molecular complexity index is 423. The summed E-state index contributed by atoms with van der Waals surface area (Å²) in [7, 11) is 0. The number of guanidine groups is 1. The highest BCUT2D eigenvalue weighted by Gasteiger charge is 2.27. The molecule has 0 aliphatic carbocycles. The number of hydrogen-bond acceptors (Lipinski definition) is 3. The van der Waals surface area contributed by atoms with Crippen LogP contribution in [0, 0.1) is 12.8 Å². The Morgan fingerprint density at radius 1 is 1.47 bits per heavy atom. The van der Waals surface area contributed by atoms with Gasteiger partial charge in [0.2, 0.25) is 0 Å². The molecule has 92 valence electrons. The molecule has 1 unspecified atom stereocenters. The van der Waals surface area contributed by atoms with E-state index in [1.165, 1.54) is 11.1 Å². The summed E-state index contributed by atoms with van der Waals surface area (Å²) >= 11 is 0. The maximum absolute atomic E-state index is 5.97. The molecule has 0 saturated heterocycles. The lowest BCUT2D eigenvalue weighted by Gasteiger charge is -2.28. The summed E-state index contributed by atoms with van der Waals surface area (Å²) < 4.78 is 0. The first-order valence-electron chi connectivity index (χ1n) is 6.21. The van der Waals surface area contributed by atoms with E-state index < -0.39 is 0 Å². The van der Waals surface area contributed by atoms with Gasteiger partial charge in [0.25, 0.3) is 0 Å². The van der Waals surface area contributed by atoms with Crippen LogP contribution in [0.25, 0.3) is 0 Å². The Morgan fingerprint density at radius 2 is 2.24 bits per heavy atom. The third kappa shape index (κ3) is 2.60. The second-order valence-corrected chi connectivity index (χ2v) is 5.18. The number of benzene rings is 1. The first kappa shape index (κ1) is 12.0. The molecule has 0 bridgehead atoms. The van der Waals surface area contributed by atoms with E-state index >= 15 is 0 Å². The van der Waals surface area contributed by atoms with Crippen LogP contribution in [0.3, 0.4) is 0 Å². The Kier molecular flexibility index (Phi) is 3.36. The molecule has 0 radical (unpaired) electrons. The molecule has 2 N–H and O–H groups in total. The van der Waals surface area contributed by atoms with E-state index in [-0.39, 0.29) is 0 Å². The second kappa shape index (κ2) is 4.78. The summed E-state index contributed by atoms with van der Waals surface area (Å²) in [5.74, 6) is 1.28. The van der Waals surface area contributed by atoms with Gasteiger partial charge >= 0.3 is 0 Å². The average Bonchev–Trinajstić information content (AvgIpc) is 2.60. The molecule has 1 heterocycles. The van der Waals surface area contributed by atoms with Crippen LogP contribution in [0.2, 0.25) is 0 Å². The predicted molar refractivity (Wildman–Crippen MR) is 72.0 cm³/mol. The Hall–Kier alpha value is -1.51. The van der Waals surface area contributed by atoms with Gasteiger partial charge in [0.1, 0.15) is 0 Å². The van der Waals surface area contributed by atoms with Crippen molar-refractivity contribution in [2.75, 3.05) is 13.1 Å². The zero-order valence-corrected chi connectivity index (χ0v) is 10.9. The van der Waals surface area contributed by atoms with E-state index in [0.29, 0.717) is 17.9 Å². The van der Waals surface area contributed by atoms with Crippen molar-refractivity contribution in [2.45, 2.75) is 26.8 Å². The number of aliphatic imine (C=N–C) groups is 1. The lowest BCUT2D eigenvalue weighted by Crippen LogP contribution is -2.38. The normalized spacial score (nSPS) is 19.9. The molecular weight excluding hydrogens is 210 g/mol.